The zero-order valence-corrected chi connectivity index (χ0v) is 31.5. The van der Waals surface area contributed by atoms with Crippen molar-refractivity contribution < 1.29 is 77.2 Å². The number of aliphatic hydroxyl groups is 2. The first-order valence-electron chi connectivity index (χ1n) is 17.7. The maximum absolute atomic E-state index is 13.0. The van der Waals surface area contributed by atoms with Crippen molar-refractivity contribution in [2.24, 2.45) is 5.73 Å². The topological polar surface area (TPSA) is 154 Å². The van der Waals surface area contributed by atoms with Crippen molar-refractivity contribution in [3.8, 4) is 0 Å². The third-order valence-corrected chi connectivity index (χ3v) is 9.71. The smallest absolute Gasteiger partial charge is 0.430 e. The number of ether oxygens (including phenoxy) is 1. The van der Waals surface area contributed by atoms with Crippen LogP contribution in [0, 0.1) is 0 Å². The van der Waals surface area contributed by atoms with Gasteiger partial charge in [0.1, 0.15) is 6.61 Å². The Balaban J connectivity index is 0.000000238. The van der Waals surface area contributed by atoms with E-state index in [9.17, 15) is 82.1 Å². The summed E-state index contributed by atoms with van der Waals surface area (Å²) < 4.78 is 163. The number of pyridine rings is 2. The van der Waals surface area contributed by atoms with Crippen molar-refractivity contribution in [3.05, 3.63) is 163 Å². The third-order valence-electron chi connectivity index (χ3n) is 9.71. The van der Waals surface area contributed by atoms with Crippen molar-refractivity contribution in [2.45, 2.75) is 55.6 Å². The van der Waals surface area contributed by atoms with E-state index in [-0.39, 0.29) is 42.9 Å². The fourth-order valence-electron chi connectivity index (χ4n) is 6.40. The van der Waals surface area contributed by atoms with Crippen LogP contribution in [0.4, 0.5) is 52.7 Å². The lowest BCUT2D eigenvalue weighted by Crippen LogP contribution is -2.53. The number of carbonyl (C=O) groups excluding carboxylic acids is 2. The molecule has 0 atom stereocenters. The molecule has 6 rings (SSSR count). The number of benzene rings is 4. The van der Waals surface area contributed by atoms with Gasteiger partial charge in [-0.1, -0.05) is 54.6 Å². The Morgan fingerprint density at radius 3 is 1.27 bits per heavy atom. The summed E-state index contributed by atoms with van der Waals surface area (Å²) in [6.45, 7) is -0.0191. The lowest BCUT2D eigenvalue weighted by atomic mass is 9.91. The largest absolute Gasteiger partial charge is 0.463 e. The van der Waals surface area contributed by atoms with Crippen molar-refractivity contribution in [1.82, 2.24) is 9.13 Å². The van der Waals surface area contributed by atoms with Gasteiger partial charge >= 0.3 is 24.7 Å². The number of nitrogens with zero attached hydrogens (tertiary/aromatic N) is 2. The van der Waals surface area contributed by atoms with E-state index in [1.165, 1.54) is 51.6 Å². The van der Waals surface area contributed by atoms with Crippen LogP contribution in [0.2, 0.25) is 0 Å². The Hall–Kier alpha value is -6.68. The van der Waals surface area contributed by atoms with Crippen LogP contribution in [0.3, 0.4) is 0 Å². The predicted octanol–water partition coefficient (Wildman–Crippen LogP) is 7.50. The zero-order chi connectivity index (χ0) is 46.9. The van der Waals surface area contributed by atoms with Gasteiger partial charge in [-0.05, 0) is 69.9 Å². The maximum Gasteiger partial charge on any atom is 0.430 e. The number of rotatable bonds is 10. The highest BCUT2D eigenvalue weighted by Crippen LogP contribution is 2.51. The first kappa shape index (κ1) is 47.4. The van der Waals surface area contributed by atoms with Crippen molar-refractivity contribution in [1.29, 1.82) is 0 Å². The Kier molecular flexibility index (Phi) is 13.0. The lowest BCUT2D eigenvalue weighted by Gasteiger charge is -2.32. The summed E-state index contributed by atoms with van der Waals surface area (Å²) in [7, 11) is 0. The molecular weight excluding hydrogens is 874 g/mol. The van der Waals surface area contributed by atoms with Gasteiger partial charge in [0.25, 0.3) is 28.8 Å². The minimum atomic E-state index is -5.99. The summed E-state index contributed by atoms with van der Waals surface area (Å²) in [6, 6.07) is 20.6. The number of aromatic nitrogens is 2. The molecule has 0 bridgehead atoms. The number of halogens is 12. The molecule has 0 saturated heterocycles. The summed E-state index contributed by atoms with van der Waals surface area (Å²) in [5, 5.41) is 20.0. The number of nitrogens with two attached hydrogens (primary N) is 1. The zero-order valence-electron chi connectivity index (χ0n) is 31.5. The Labute approximate surface area is 345 Å². The molecule has 0 saturated carbocycles. The Bertz CT molecular complexity index is 2730. The van der Waals surface area contributed by atoms with Crippen LogP contribution >= 0.6 is 0 Å². The molecule has 4 aromatic carbocycles. The van der Waals surface area contributed by atoms with Gasteiger partial charge in [-0.2, -0.15) is 52.7 Å². The van der Waals surface area contributed by atoms with E-state index >= 15 is 0 Å². The third kappa shape index (κ3) is 9.40. The van der Waals surface area contributed by atoms with E-state index in [0.717, 1.165) is 24.3 Å². The second-order valence-electron chi connectivity index (χ2n) is 13.8. The van der Waals surface area contributed by atoms with Crippen molar-refractivity contribution in [2.75, 3.05) is 0 Å². The second kappa shape index (κ2) is 17.2. The van der Waals surface area contributed by atoms with E-state index in [4.69, 9.17) is 5.73 Å². The maximum atomic E-state index is 13.0. The molecule has 0 spiro atoms. The molecule has 0 unspecified atom stereocenters. The molecule has 6 aromatic rings. The van der Waals surface area contributed by atoms with E-state index < -0.39 is 64.1 Å². The van der Waals surface area contributed by atoms with Crippen LogP contribution in [0.5, 0.6) is 0 Å². The summed E-state index contributed by atoms with van der Waals surface area (Å²) in [6.07, 6.45) is -23.9. The summed E-state index contributed by atoms with van der Waals surface area (Å²) in [4.78, 5) is 46.3. The van der Waals surface area contributed by atoms with E-state index in [0.29, 0.717) is 51.6 Å². The molecule has 0 fully saturated rings. The normalized spacial score (nSPS) is 12.8. The van der Waals surface area contributed by atoms with Gasteiger partial charge in [0.2, 0.25) is 5.91 Å². The van der Waals surface area contributed by atoms with E-state index in [2.05, 4.69) is 4.74 Å². The first-order valence-corrected chi connectivity index (χ1v) is 17.7. The molecule has 4 N–H and O–H groups in total. The minimum absolute atomic E-state index is 0.0152. The van der Waals surface area contributed by atoms with Gasteiger partial charge in [-0.25, -0.2) is 0 Å². The molecule has 334 valence electrons. The average molecular weight is 904 g/mol. The van der Waals surface area contributed by atoms with Crippen LogP contribution in [0.15, 0.2) is 119 Å². The number of alkyl halides is 12. The quantitative estimate of drug-likeness (QED) is 0.0951. The van der Waals surface area contributed by atoms with Crippen LogP contribution in [-0.2, 0) is 40.4 Å². The lowest BCUT2D eigenvalue weighted by molar-refractivity contribution is -0.376. The molecule has 63 heavy (non-hydrogen) atoms. The molecular formula is C41H29F12N3O7. The molecule has 0 aliphatic heterocycles. The molecule has 22 heteroatoms. The number of fused-ring (bicyclic) bond motifs is 2. The SMILES string of the molecule is NC(=O)c1ccc2c(ccc(=O)n2Cc2ccc(C(O)(C(F)(F)F)C(F)(F)F)cc2)c1.O=COCc1ccc2c(ccc(=O)n2Cc2ccc(C(O)(C(F)(F)F)C(F)(F)F)cc2)c1. The van der Waals surface area contributed by atoms with Gasteiger partial charge in [0, 0.05) is 28.8 Å². The van der Waals surface area contributed by atoms with Gasteiger partial charge in [0.15, 0.2) is 0 Å². The number of carbonyl (C=O) groups is 2. The number of hydrogen-bond acceptors (Lipinski definition) is 7. The highest BCUT2D eigenvalue weighted by molar-refractivity contribution is 5.97. The molecule has 2 heterocycles. The standard InChI is InChI=1S/C21H15F6NO4.C20H14F6N2O3/c22-20(23,24)19(31,21(25,26)27)16-5-1-13(2-6-16)10-28-17-7-3-14(11-32-12-29)9-15(17)4-8-18(28)30;21-19(22,23)18(31,20(24,25)26)14-5-1-11(2-6-14)10-28-15-7-3-13(17(27)30)9-12(15)4-8-16(28)29/h1-9,12,31H,10-11H2;1-9,31H,10H2,(H2,27,30). The van der Waals surface area contributed by atoms with Gasteiger partial charge < -0.3 is 29.8 Å². The van der Waals surface area contributed by atoms with Gasteiger partial charge in [0.05, 0.1) is 24.1 Å². The number of hydrogen-bond donors (Lipinski definition) is 3. The van der Waals surface area contributed by atoms with Crippen molar-refractivity contribution in [3.63, 3.8) is 0 Å². The van der Waals surface area contributed by atoms with E-state index in [1.54, 1.807) is 18.2 Å². The highest BCUT2D eigenvalue weighted by atomic mass is 19.4. The monoisotopic (exact) mass is 903 g/mol. The fraction of sp³-hybridized carbons (Fsp3) is 0.220. The van der Waals surface area contributed by atoms with Gasteiger partial charge in [-0.3, -0.25) is 19.2 Å². The van der Waals surface area contributed by atoms with Crippen LogP contribution in [0.25, 0.3) is 21.8 Å². The molecule has 0 radical (unpaired) electrons. The second-order valence-corrected chi connectivity index (χ2v) is 13.8. The molecule has 1 amide bonds. The molecule has 0 aliphatic rings. The number of primary amides is 1. The van der Waals surface area contributed by atoms with Crippen LogP contribution < -0.4 is 16.9 Å². The van der Waals surface area contributed by atoms with Crippen LogP contribution in [-0.4, -0.2) is 56.4 Å². The summed E-state index contributed by atoms with van der Waals surface area (Å²) >= 11 is 0. The Morgan fingerprint density at radius 2 is 0.905 bits per heavy atom. The molecule has 2 aromatic heterocycles. The Morgan fingerprint density at radius 1 is 0.540 bits per heavy atom. The minimum Gasteiger partial charge on any atom is -0.463 e. The molecule has 10 nitrogen and oxygen atoms in total. The summed E-state index contributed by atoms with van der Waals surface area (Å²) in [5.74, 6) is -0.683. The predicted molar refractivity (Wildman–Crippen MR) is 199 cm³/mol. The fourth-order valence-corrected chi connectivity index (χ4v) is 6.40. The average Bonchev–Trinajstić information content (AvgIpc) is 3.20. The van der Waals surface area contributed by atoms with Gasteiger partial charge in [-0.15, -0.1) is 0 Å². The first-order chi connectivity index (χ1) is 29.1. The van der Waals surface area contributed by atoms with Crippen LogP contribution in [0.1, 0.15) is 38.2 Å². The summed E-state index contributed by atoms with van der Waals surface area (Å²) in [5.41, 5.74) is -6.40. The number of amides is 1. The highest BCUT2D eigenvalue weighted by Gasteiger charge is 2.72. The molecule has 0 aliphatic carbocycles. The van der Waals surface area contributed by atoms with E-state index in [1.807, 2.05) is 0 Å². The van der Waals surface area contributed by atoms with Crippen molar-refractivity contribution >= 4 is 34.2 Å².